The van der Waals surface area contributed by atoms with Crippen molar-refractivity contribution in [2.24, 2.45) is 0 Å². The second-order valence-corrected chi connectivity index (χ2v) is 7.04. The number of carbonyl (C=O) groups excluding carboxylic acids is 1. The lowest BCUT2D eigenvalue weighted by atomic mass is 10.1. The van der Waals surface area contributed by atoms with Gasteiger partial charge < -0.3 is 9.64 Å². The minimum absolute atomic E-state index is 0.0951. The number of nitrogens with zero attached hydrogens (tertiary/aromatic N) is 5. The van der Waals surface area contributed by atoms with E-state index in [2.05, 4.69) is 10.1 Å². The molecular weight excluding hydrogens is 411 g/mol. The van der Waals surface area contributed by atoms with Crippen LogP contribution in [-0.4, -0.2) is 37.9 Å². The minimum atomic E-state index is -4.59. The molecule has 0 bridgehead atoms. The van der Waals surface area contributed by atoms with E-state index in [-0.39, 0.29) is 30.0 Å². The quantitative estimate of drug-likeness (QED) is 0.635. The Morgan fingerprint density at radius 3 is 2.61 bits per heavy atom. The highest BCUT2D eigenvalue weighted by molar-refractivity contribution is 5.97. The monoisotopic (exact) mass is 427 g/mol. The Balaban J connectivity index is 1.57. The molecule has 158 valence electrons. The lowest BCUT2D eigenvalue weighted by Gasteiger charge is -2.22. The fourth-order valence-electron chi connectivity index (χ4n) is 3.22. The van der Waals surface area contributed by atoms with Gasteiger partial charge in [0.15, 0.2) is 6.10 Å². The van der Waals surface area contributed by atoms with E-state index in [0.717, 1.165) is 18.2 Å². The summed E-state index contributed by atoms with van der Waals surface area (Å²) < 4.78 is 45.5. The molecule has 4 rings (SSSR count). The van der Waals surface area contributed by atoms with E-state index in [1.165, 1.54) is 23.1 Å². The molecule has 1 amide bonds. The number of benzene rings is 1. The molecule has 0 radical (unpaired) electrons. The number of nitriles is 1. The maximum Gasteiger partial charge on any atom is 0.425 e. The number of rotatable bonds is 4. The Bertz CT molecular complexity index is 1140. The van der Waals surface area contributed by atoms with Gasteiger partial charge in [-0.15, -0.1) is 0 Å². The van der Waals surface area contributed by atoms with Gasteiger partial charge in [0.1, 0.15) is 5.75 Å². The van der Waals surface area contributed by atoms with Crippen molar-refractivity contribution < 1.29 is 22.7 Å². The van der Waals surface area contributed by atoms with Crippen molar-refractivity contribution in [1.82, 2.24) is 19.7 Å². The zero-order chi connectivity index (χ0) is 22.2. The SMILES string of the molecule is C[C@H](Oc1ccc(C#N)cc1C(=O)N1Cc2cn(-c3ccncc3)nc2C1)C(F)(F)F. The molecule has 0 fully saturated rings. The Morgan fingerprint density at radius 2 is 1.97 bits per heavy atom. The number of halogens is 3. The summed E-state index contributed by atoms with van der Waals surface area (Å²) in [6, 6.07) is 9.26. The Labute approximate surface area is 175 Å². The lowest BCUT2D eigenvalue weighted by molar-refractivity contribution is -0.189. The summed E-state index contributed by atoms with van der Waals surface area (Å²) in [5.41, 5.74) is 2.39. The number of carbonyl (C=O) groups is 1. The van der Waals surface area contributed by atoms with Gasteiger partial charge in [-0.2, -0.15) is 23.5 Å². The summed E-state index contributed by atoms with van der Waals surface area (Å²) in [5.74, 6) is -0.754. The van der Waals surface area contributed by atoms with E-state index < -0.39 is 18.2 Å². The molecule has 0 N–H and O–H groups in total. The highest BCUT2D eigenvalue weighted by atomic mass is 19.4. The van der Waals surface area contributed by atoms with Crippen molar-refractivity contribution in [3.8, 4) is 17.5 Å². The third-order valence-corrected chi connectivity index (χ3v) is 4.90. The highest BCUT2D eigenvalue weighted by Gasteiger charge is 2.39. The summed E-state index contributed by atoms with van der Waals surface area (Å²) in [6.07, 6.45) is -1.61. The molecule has 0 aliphatic carbocycles. The Morgan fingerprint density at radius 1 is 1.23 bits per heavy atom. The third kappa shape index (κ3) is 4.07. The topological polar surface area (TPSA) is 84.0 Å². The number of fused-ring (bicyclic) bond motifs is 1. The second-order valence-electron chi connectivity index (χ2n) is 7.04. The van der Waals surface area contributed by atoms with Crippen LogP contribution >= 0.6 is 0 Å². The number of alkyl halides is 3. The number of hydrogen-bond acceptors (Lipinski definition) is 5. The normalized spacial score (nSPS) is 14.1. The van der Waals surface area contributed by atoms with E-state index >= 15 is 0 Å². The van der Waals surface area contributed by atoms with Crippen LogP contribution < -0.4 is 4.74 Å². The van der Waals surface area contributed by atoms with Gasteiger partial charge in [0, 0.05) is 30.7 Å². The first-order valence-corrected chi connectivity index (χ1v) is 9.31. The smallest absolute Gasteiger partial charge is 0.425 e. The van der Waals surface area contributed by atoms with Crippen molar-refractivity contribution in [3.05, 3.63) is 71.3 Å². The molecule has 31 heavy (non-hydrogen) atoms. The van der Waals surface area contributed by atoms with Crippen LogP contribution in [0.1, 0.15) is 34.1 Å². The van der Waals surface area contributed by atoms with Crippen LogP contribution in [0.3, 0.4) is 0 Å². The molecule has 0 saturated heterocycles. The molecule has 1 aliphatic rings. The van der Waals surface area contributed by atoms with Crippen LogP contribution in [0.2, 0.25) is 0 Å². The zero-order valence-electron chi connectivity index (χ0n) is 16.3. The van der Waals surface area contributed by atoms with Crippen molar-refractivity contribution >= 4 is 5.91 Å². The number of aromatic nitrogens is 3. The molecule has 0 unspecified atom stereocenters. The second kappa shape index (κ2) is 7.75. The van der Waals surface area contributed by atoms with E-state index in [1.807, 2.05) is 6.07 Å². The van der Waals surface area contributed by atoms with Crippen LogP contribution in [0.4, 0.5) is 13.2 Å². The zero-order valence-corrected chi connectivity index (χ0v) is 16.3. The molecule has 0 spiro atoms. The van der Waals surface area contributed by atoms with Crippen molar-refractivity contribution in [1.29, 1.82) is 5.26 Å². The summed E-state index contributed by atoms with van der Waals surface area (Å²) in [5, 5.41) is 13.6. The van der Waals surface area contributed by atoms with Crippen LogP contribution in [-0.2, 0) is 13.1 Å². The van der Waals surface area contributed by atoms with Crippen molar-refractivity contribution in [2.45, 2.75) is 32.3 Å². The predicted molar refractivity (Wildman–Crippen MR) is 102 cm³/mol. The van der Waals surface area contributed by atoms with E-state index in [9.17, 15) is 18.0 Å². The molecule has 3 aromatic rings. The Hall–Kier alpha value is -3.87. The van der Waals surface area contributed by atoms with Crippen molar-refractivity contribution in [3.63, 3.8) is 0 Å². The molecule has 1 aromatic carbocycles. The van der Waals surface area contributed by atoms with Gasteiger partial charge in [0.05, 0.1) is 35.1 Å². The molecule has 3 heterocycles. The van der Waals surface area contributed by atoms with E-state index in [1.54, 1.807) is 35.4 Å². The summed E-state index contributed by atoms with van der Waals surface area (Å²) in [4.78, 5) is 18.5. The summed E-state index contributed by atoms with van der Waals surface area (Å²) in [7, 11) is 0. The number of hydrogen-bond donors (Lipinski definition) is 0. The molecule has 0 saturated carbocycles. The van der Waals surface area contributed by atoms with Gasteiger partial charge >= 0.3 is 6.18 Å². The molecule has 1 aliphatic heterocycles. The average molecular weight is 427 g/mol. The van der Waals surface area contributed by atoms with Crippen LogP contribution in [0.5, 0.6) is 5.75 Å². The Kier molecular flexibility index (Phi) is 5.10. The highest BCUT2D eigenvalue weighted by Crippen LogP contribution is 2.31. The molecule has 1 atom stereocenters. The predicted octanol–water partition coefficient (Wildman–Crippen LogP) is 3.62. The van der Waals surface area contributed by atoms with Gasteiger partial charge in [-0.3, -0.25) is 9.78 Å². The van der Waals surface area contributed by atoms with Crippen LogP contribution in [0, 0.1) is 11.3 Å². The van der Waals surface area contributed by atoms with Gasteiger partial charge in [0.25, 0.3) is 5.91 Å². The first-order chi connectivity index (χ1) is 14.8. The fraction of sp³-hybridized carbons (Fsp3) is 0.238. The lowest BCUT2D eigenvalue weighted by Crippen LogP contribution is -2.32. The van der Waals surface area contributed by atoms with Gasteiger partial charge in [0.2, 0.25) is 0 Å². The summed E-state index contributed by atoms with van der Waals surface area (Å²) >= 11 is 0. The largest absolute Gasteiger partial charge is 0.480 e. The van der Waals surface area contributed by atoms with Crippen LogP contribution in [0.25, 0.3) is 5.69 Å². The van der Waals surface area contributed by atoms with Gasteiger partial charge in [-0.25, -0.2) is 4.68 Å². The maximum atomic E-state index is 13.1. The third-order valence-electron chi connectivity index (χ3n) is 4.90. The van der Waals surface area contributed by atoms with Crippen LogP contribution in [0.15, 0.2) is 48.9 Å². The number of ether oxygens (including phenoxy) is 1. The van der Waals surface area contributed by atoms with Gasteiger partial charge in [-0.05, 0) is 37.3 Å². The first kappa shape index (κ1) is 20.4. The number of amides is 1. The van der Waals surface area contributed by atoms with Gasteiger partial charge in [-0.1, -0.05) is 0 Å². The maximum absolute atomic E-state index is 13.1. The van der Waals surface area contributed by atoms with E-state index in [0.29, 0.717) is 5.69 Å². The minimum Gasteiger partial charge on any atom is -0.480 e. The average Bonchev–Trinajstić information content (AvgIpc) is 3.33. The van der Waals surface area contributed by atoms with Crippen molar-refractivity contribution in [2.75, 3.05) is 0 Å². The fourth-order valence-corrected chi connectivity index (χ4v) is 3.22. The first-order valence-electron chi connectivity index (χ1n) is 9.31. The number of pyridine rings is 1. The summed E-state index contributed by atoms with van der Waals surface area (Å²) in [6.45, 7) is 1.29. The molecular formula is C21H16F3N5O2. The molecule has 2 aromatic heterocycles. The standard InChI is InChI=1S/C21H16F3N5O2/c1-13(21(22,23)24)31-19-3-2-14(9-25)8-17(19)20(30)28-10-15-11-29(27-18(15)12-28)16-4-6-26-7-5-16/h2-8,11,13H,10,12H2,1H3/t13-/m0/s1. The van der Waals surface area contributed by atoms with E-state index in [4.69, 9.17) is 10.00 Å². The molecule has 10 heteroatoms. The molecule has 7 nitrogen and oxygen atoms in total.